The van der Waals surface area contributed by atoms with Gasteiger partial charge < -0.3 is 9.88 Å². The first-order valence-corrected chi connectivity index (χ1v) is 7.83. The van der Waals surface area contributed by atoms with Gasteiger partial charge in [-0.1, -0.05) is 31.5 Å². The lowest BCUT2D eigenvalue weighted by Crippen LogP contribution is -2.10. The second kappa shape index (κ2) is 6.32. The van der Waals surface area contributed by atoms with Crippen LogP contribution in [0, 0.1) is 0 Å². The zero-order valence-electron chi connectivity index (χ0n) is 13.5. The van der Waals surface area contributed by atoms with Gasteiger partial charge >= 0.3 is 0 Å². The highest BCUT2D eigenvalue weighted by molar-refractivity contribution is 5.76. The Morgan fingerprint density at radius 3 is 2.91 bits per heavy atom. The van der Waals surface area contributed by atoms with E-state index in [1.807, 2.05) is 10.9 Å². The van der Waals surface area contributed by atoms with Crippen molar-refractivity contribution in [3.05, 3.63) is 36.0 Å². The lowest BCUT2D eigenvalue weighted by molar-refractivity contribution is 0.402. The van der Waals surface area contributed by atoms with E-state index in [1.165, 1.54) is 5.56 Å². The highest BCUT2D eigenvalue weighted by Gasteiger charge is 2.10. The first-order valence-electron chi connectivity index (χ1n) is 7.83. The van der Waals surface area contributed by atoms with E-state index < -0.39 is 0 Å². The molecule has 0 spiro atoms. The topological polar surface area (TPSA) is 49.7 Å². The molecule has 0 aliphatic carbocycles. The average molecular weight is 297 g/mol. The van der Waals surface area contributed by atoms with Crippen LogP contribution in [0.3, 0.4) is 0 Å². The van der Waals surface area contributed by atoms with Crippen LogP contribution in [0.1, 0.15) is 25.3 Å². The molecule has 0 saturated carbocycles. The van der Waals surface area contributed by atoms with Crippen LogP contribution < -0.4 is 0 Å². The zero-order chi connectivity index (χ0) is 15.5. The van der Waals surface area contributed by atoms with Crippen LogP contribution in [0.2, 0.25) is 0 Å². The quantitative estimate of drug-likeness (QED) is 0.759. The van der Waals surface area contributed by atoms with E-state index in [1.54, 1.807) is 0 Å². The van der Waals surface area contributed by atoms with Crippen molar-refractivity contribution in [2.75, 3.05) is 14.1 Å². The smallest absolute Gasteiger partial charge is 0.176 e. The maximum absolute atomic E-state index is 4.75. The summed E-state index contributed by atoms with van der Waals surface area (Å²) in [6, 6.07) is 8.53. The number of rotatable bonds is 6. The van der Waals surface area contributed by atoms with E-state index in [9.17, 15) is 0 Å². The monoisotopic (exact) mass is 297 g/mol. The Morgan fingerprint density at radius 1 is 1.27 bits per heavy atom. The molecular weight excluding hydrogens is 274 g/mol. The van der Waals surface area contributed by atoms with Crippen LogP contribution in [-0.4, -0.2) is 38.7 Å². The van der Waals surface area contributed by atoms with Crippen LogP contribution >= 0.6 is 0 Å². The predicted molar refractivity (Wildman–Crippen MR) is 89.6 cm³/mol. The fourth-order valence-electron chi connectivity index (χ4n) is 2.64. The molecule has 0 fully saturated rings. The van der Waals surface area contributed by atoms with Crippen molar-refractivity contribution < 1.29 is 0 Å². The maximum Gasteiger partial charge on any atom is 0.176 e. The minimum atomic E-state index is 0.915. The molecular formula is C17H23N5. The molecule has 1 N–H and O–H groups in total. The van der Waals surface area contributed by atoms with Crippen molar-refractivity contribution in [1.82, 2.24) is 24.6 Å². The summed E-state index contributed by atoms with van der Waals surface area (Å²) in [7, 11) is 4.16. The van der Waals surface area contributed by atoms with E-state index >= 15 is 0 Å². The molecule has 0 aliphatic rings. The third kappa shape index (κ3) is 3.04. The first-order chi connectivity index (χ1) is 10.7. The average Bonchev–Trinajstić information content (AvgIpc) is 3.05. The van der Waals surface area contributed by atoms with Crippen molar-refractivity contribution in [2.24, 2.45) is 0 Å². The number of benzene rings is 1. The Labute approximate surface area is 131 Å². The number of aromatic nitrogens is 4. The van der Waals surface area contributed by atoms with Crippen molar-refractivity contribution in [3.8, 4) is 11.4 Å². The largest absolute Gasteiger partial charge is 0.335 e. The molecule has 3 aromatic rings. The molecule has 5 heteroatoms. The summed E-state index contributed by atoms with van der Waals surface area (Å²) in [4.78, 5) is 10.3. The van der Waals surface area contributed by atoms with Gasteiger partial charge in [-0.05, 0) is 32.1 Å². The first kappa shape index (κ1) is 14.8. The SMILES string of the molecule is CCCCn1ncc2[nH]c(-c3cccc(CN(C)C)c3)nc21. The lowest BCUT2D eigenvalue weighted by atomic mass is 10.1. The highest BCUT2D eigenvalue weighted by atomic mass is 15.3. The minimum absolute atomic E-state index is 0.915. The van der Waals surface area contributed by atoms with E-state index in [2.05, 4.69) is 60.3 Å². The van der Waals surface area contributed by atoms with Gasteiger partial charge in [-0.3, -0.25) is 0 Å². The predicted octanol–water partition coefficient (Wildman–Crippen LogP) is 3.29. The van der Waals surface area contributed by atoms with E-state index in [0.717, 1.165) is 48.5 Å². The van der Waals surface area contributed by atoms with Gasteiger partial charge in [-0.15, -0.1) is 0 Å². The normalized spacial score (nSPS) is 11.6. The standard InChI is InChI=1S/C17H23N5/c1-4-5-9-22-17-15(11-18-22)19-16(20-17)14-8-6-7-13(10-14)12-21(2)3/h6-8,10-11H,4-5,9,12H2,1-3H3,(H,19,20). The molecule has 0 amide bonds. The van der Waals surface area contributed by atoms with Gasteiger partial charge in [0.2, 0.25) is 0 Å². The maximum atomic E-state index is 4.75. The fraction of sp³-hybridized carbons (Fsp3) is 0.412. The number of nitrogens with one attached hydrogen (secondary N) is 1. The second-order valence-corrected chi connectivity index (χ2v) is 5.98. The Balaban J connectivity index is 1.91. The zero-order valence-corrected chi connectivity index (χ0v) is 13.5. The fourth-order valence-corrected chi connectivity index (χ4v) is 2.64. The molecule has 0 aliphatic heterocycles. The molecule has 5 nitrogen and oxygen atoms in total. The Bertz CT molecular complexity index is 753. The summed E-state index contributed by atoms with van der Waals surface area (Å²) in [5.41, 5.74) is 4.36. The van der Waals surface area contributed by atoms with Crippen molar-refractivity contribution in [3.63, 3.8) is 0 Å². The molecule has 0 bridgehead atoms. The molecule has 116 valence electrons. The summed E-state index contributed by atoms with van der Waals surface area (Å²) in [5.74, 6) is 0.915. The van der Waals surface area contributed by atoms with Gasteiger partial charge in [0.25, 0.3) is 0 Å². The second-order valence-electron chi connectivity index (χ2n) is 5.98. The number of fused-ring (bicyclic) bond motifs is 1. The molecule has 0 atom stereocenters. The lowest BCUT2D eigenvalue weighted by Gasteiger charge is -2.10. The summed E-state index contributed by atoms with van der Waals surface area (Å²) in [5, 5.41) is 4.40. The van der Waals surface area contributed by atoms with E-state index in [-0.39, 0.29) is 0 Å². The van der Waals surface area contributed by atoms with Crippen molar-refractivity contribution in [2.45, 2.75) is 32.9 Å². The van der Waals surface area contributed by atoms with E-state index in [4.69, 9.17) is 4.98 Å². The summed E-state index contributed by atoms with van der Waals surface area (Å²) in [6.45, 7) is 4.04. The number of hydrogen-bond donors (Lipinski definition) is 1. The van der Waals surface area contributed by atoms with Crippen LogP contribution in [0.4, 0.5) is 0 Å². The van der Waals surface area contributed by atoms with Crippen LogP contribution in [0.15, 0.2) is 30.5 Å². The molecule has 0 radical (unpaired) electrons. The molecule has 0 unspecified atom stereocenters. The van der Waals surface area contributed by atoms with Crippen LogP contribution in [-0.2, 0) is 13.1 Å². The van der Waals surface area contributed by atoms with Gasteiger partial charge in [-0.2, -0.15) is 5.10 Å². The molecule has 3 rings (SSSR count). The number of nitrogens with zero attached hydrogens (tertiary/aromatic N) is 4. The molecule has 1 aromatic carbocycles. The van der Waals surface area contributed by atoms with Gasteiger partial charge in [0.05, 0.1) is 6.20 Å². The Hall–Kier alpha value is -2.14. The van der Waals surface area contributed by atoms with Gasteiger partial charge in [-0.25, -0.2) is 9.67 Å². The van der Waals surface area contributed by atoms with Crippen molar-refractivity contribution in [1.29, 1.82) is 0 Å². The van der Waals surface area contributed by atoms with Crippen LogP contribution in [0.25, 0.3) is 22.6 Å². The highest BCUT2D eigenvalue weighted by Crippen LogP contribution is 2.22. The Morgan fingerprint density at radius 2 is 2.14 bits per heavy atom. The molecule has 22 heavy (non-hydrogen) atoms. The number of H-pyrrole nitrogens is 1. The number of aryl methyl sites for hydroxylation is 1. The number of hydrogen-bond acceptors (Lipinski definition) is 3. The number of unbranched alkanes of at least 4 members (excludes halogenated alkanes) is 1. The summed E-state index contributed by atoms with van der Waals surface area (Å²) in [6.07, 6.45) is 4.15. The molecule has 2 heterocycles. The summed E-state index contributed by atoms with van der Waals surface area (Å²) < 4.78 is 1.99. The van der Waals surface area contributed by atoms with Crippen molar-refractivity contribution >= 4 is 11.2 Å². The van der Waals surface area contributed by atoms with Gasteiger partial charge in [0.15, 0.2) is 5.65 Å². The van der Waals surface area contributed by atoms with E-state index in [0.29, 0.717) is 0 Å². The molecule has 2 aromatic heterocycles. The Kier molecular flexibility index (Phi) is 4.24. The van der Waals surface area contributed by atoms with Gasteiger partial charge in [0.1, 0.15) is 11.3 Å². The third-order valence-corrected chi connectivity index (χ3v) is 3.71. The summed E-state index contributed by atoms with van der Waals surface area (Å²) >= 11 is 0. The third-order valence-electron chi connectivity index (χ3n) is 3.71. The number of imidazole rings is 1. The van der Waals surface area contributed by atoms with Gasteiger partial charge in [0, 0.05) is 18.7 Å². The molecule has 0 saturated heterocycles. The minimum Gasteiger partial charge on any atom is -0.335 e. The number of aromatic amines is 1. The van der Waals surface area contributed by atoms with Crippen LogP contribution in [0.5, 0.6) is 0 Å².